The predicted molar refractivity (Wildman–Crippen MR) is 72.1 cm³/mol. The van der Waals surface area contributed by atoms with Crippen molar-refractivity contribution in [2.45, 2.75) is 38.0 Å². The summed E-state index contributed by atoms with van der Waals surface area (Å²) in [6.07, 6.45) is 3.54. The van der Waals surface area contributed by atoms with Crippen LogP contribution in [0.3, 0.4) is 0 Å². The molecule has 2 atom stereocenters. The maximum Gasteiger partial charge on any atom is 0.0892 e. The van der Waals surface area contributed by atoms with Gasteiger partial charge in [0.1, 0.15) is 0 Å². The number of hydrogen-bond acceptors (Lipinski definition) is 3. The quantitative estimate of drug-likeness (QED) is 0.900. The molecular formula is C15H18N2O. The van der Waals surface area contributed by atoms with Crippen LogP contribution in [0.1, 0.15) is 25.0 Å². The molecule has 0 spiro atoms. The van der Waals surface area contributed by atoms with Crippen molar-refractivity contribution in [2.75, 3.05) is 0 Å². The Morgan fingerprint density at radius 1 is 1.17 bits per heavy atom. The summed E-state index contributed by atoms with van der Waals surface area (Å²) in [7, 11) is 0. The summed E-state index contributed by atoms with van der Waals surface area (Å²) >= 11 is 0. The number of nitrogens with two attached hydrogens (primary N) is 1. The van der Waals surface area contributed by atoms with Gasteiger partial charge in [0.2, 0.25) is 0 Å². The molecule has 0 aliphatic heterocycles. The number of aromatic nitrogens is 1. The first-order valence-corrected chi connectivity index (χ1v) is 6.55. The Kier molecular flexibility index (Phi) is 3.26. The van der Waals surface area contributed by atoms with Crippen molar-refractivity contribution in [3.8, 4) is 0 Å². The van der Waals surface area contributed by atoms with E-state index in [1.54, 1.807) is 0 Å². The van der Waals surface area contributed by atoms with Crippen molar-refractivity contribution in [3.05, 3.63) is 42.1 Å². The molecule has 94 valence electrons. The average molecular weight is 242 g/mol. The zero-order valence-electron chi connectivity index (χ0n) is 10.4. The molecule has 1 aliphatic carbocycles. The molecule has 1 aromatic heterocycles. The Bertz CT molecular complexity index is 541. The maximum absolute atomic E-state index is 5.99. The number of rotatable bonds is 3. The molecular weight excluding hydrogens is 224 g/mol. The second kappa shape index (κ2) is 5.04. The topological polar surface area (TPSA) is 48.1 Å². The van der Waals surface area contributed by atoms with Gasteiger partial charge in [-0.05, 0) is 31.4 Å². The van der Waals surface area contributed by atoms with E-state index >= 15 is 0 Å². The number of ether oxygens (including phenoxy) is 1. The third-order valence-corrected chi connectivity index (χ3v) is 3.61. The van der Waals surface area contributed by atoms with Crippen molar-refractivity contribution < 1.29 is 4.74 Å². The largest absolute Gasteiger partial charge is 0.370 e. The van der Waals surface area contributed by atoms with Crippen molar-refractivity contribution in [1.29, 1.82) is 0 Å². The second-order valence-corrected chi connectivity index (χ2v) is 4.94. The minimum Gasteiger partial charge on any atom is -0.370 e. The molecule has 18 heavy (non-hydrogen) atoms. The van der Waals surface area contributed by atoms with E-state index in [0.717, 1.165) is 24.1 Å². The van der Waals surface area contributed by atoms with Gasteiger partial charge in [-0.2, -0.15) is 0 Å². The number of para-hydroxylation sites is 1. The minimum atomic E-state index is 0.199. The van der Waals surface area contributed by atoms with Crippen LogP contribution in [0.15, 0.2) is 36.4 Å². The van der Waals surface area contributed by atoms with Crippen molar-refractivity contribution >= 4 is 10.9 Å². The Labute approximate surface area is 107 Å². The molecule has 3 rings (SSSR count). The zero-order valence-corrected chi connectivity index (χ0v) is 10.4. The lowest BCUT2D eigenvalue weighted by molar-refractivity contribution is 0.0340. The van der Waals surface area contributed by atoms with Crippen LogP contribution in [0.4, 0.5) is 0 Å². The van der Waals surface area contributed by atoms with Gasteiger partial charge in [0.05, 0.1) is 23.9 Å². The first-order valence-electron chi connectivity index (χ1n) is 6.55. The fourth-order valence-corrected chi connectivity index (χ4v) is 2.54. The van der Waals surface area contributed by atoms with E-state index in [4.69, 9.17) is 10.5 Å². The number of pyridine rings is 1. The summed E-state index contributed by atoms with van der Waals surface area (Å²) < 4.78 is 5.86. The second-order valence-electron chi connectivity index (χ2n) is 4.94. The highest BCUT2D eigenvalue weighted by Crippen LogP contribution is 2.21. The number of fused-ring (bicyclic) bond motifs is 1. The van der Waals surface area contributed by atoms with Gasteiger partial charge < -0.3 is 10.5 Å². The zero-order chi connectivity index (χ0) is 12.4. The number of hydrogen-bond donors (Lipinski definition) is 1. The molecule has 0 bridgehead atoms. The Hall–Kier alpha value is -1.45. The molecule has 1 aliphatic rings. The first-order chi connectivity index (χ1) is 8.83. The molecule has 1 heterocycles. The summed E-state index contributed by atoms with van der Waals surface area (Å²) in [6, 6.07) is 12.5. The van der Waals surface area contributed by atoms with Gasteiger partial charge >= 0.3 is 0 Å². The molecule has 1 fully saturated rings. The van der Waals surface area contributed by atoms with Gasteiger partial charge in [-0.1, -0.05) is 24.3 Å². The standard InChI is InChI=1S/C15H18N2O/c16-13-5-3-7-15(13)18-10-12-9-8-11-4-1-2-6-14(11)17-12/h1-2,4,6,8-9,13,15H,3,5,7,10,16H2. The molecule has 0 amide bonds. The Morgan fingerprint density at radius 2 is 2.06 bits per heavy atom. The summed E-state index contributed by atoms with van der Waals surface area (Å²) in [5.74, 6) is 0. The Morgan fingerprint density at radius 3 is 2.89 bits per heavy atom. The highest BCUT2D eigenvalue weighted by Gasteiger charge is 2.24. The van der Waals surface area contributed by atoms with Crippen molar-refractivity contribution in [3.63, 3.8) is 0 Å². The van der Waals surface area contributed by atoms with E-state index in [9.17, 15) is 0 Å². The maximum atomic E-state index is 5.99. The third kappa shape index (κ3) is 2.37. The van der Waals surface area contributed by atoms with Crippen LogP contribution in [0.25, 0.3) is 10.9 Å². The number of nitrogens with zero attached hydrogens (tertiary/aromatic N) is 1. The molecule has 2 aromatic rings. The monoisotopic (exact) mass is 242 g/mol. The molecule has 1 aromatic carbocycles. The SMILES string of the molecule is NC1CCCC1OCc1ccc2ccccc2n1. The molecule has 0 radical (unpaired) electrons. The lowest BCUT2D eigenvalue weighted by Crippen LogP contribution is -2.31. The van der Waals surface area contributed by atoms with E-state index < -0.39 is 0 Å². The van der Waals surface area contributed by atoms with Crippen LogP contribution in [0.2, 0.25) is 0 Å². The van der Waals surface area contributed by atoms with Crippen LogP contribution in [0.5, 0.6) is 0 Å². The van der Waals surface area contributed by atoms with Crippen LogP contribution in [-0.4, -0.2) is 17.1 Å². The summed E-state index contributed by atoms with van der Waals surface area (Å²) in [5, 5.41) is 1.17. The molecule has 2 N–H and O–H groups in total. The van der Waals surface area contributed by atoms with E-state index in [1.807, 2.05) is 24.3 Å². The third-order valence-electron chi connectivity index (χ3n) is 3.61. The molecule has 3 nitrogen and oxygen atoms in total. The van der Waals surface area contributed by atoms with Crippen LogP contribution in [0, 0.1) is 0 Å². The Balaban J connectivity index is 1.71. The predicted octanol–water partition coefficient (Wildman–Crippen LogP) is 2.63. The fraction of sp³-hybridized carbons (Fsp3) is 0.400. The van der Waals surface area contributed by atoms with Crippen molar-refractivity contribution in [1.82, 2.24) is 4.98 Å². The summed E-state index contributed by atoms with van der Waals surface area (Å²) in [4.78, 5) is 4.60. The molecule has 0 saturated heterocycles. The number of benzene rings is 1. The smallest absolute Gasteiger partial charge is 0.0892 e. The van der Waals surface area contributed by atoms with Gasteiger partial charge in [-0.15, -0.1) is 0 Å². The lowest BCUT2D eigenvalue weighted by Gasteiger charge is -2.16. The van der Waals surface area contributed by atoms with Crippen LogP contribution >= 0.6 is 0 Å². The summed E-state index contributed by atoms with van der Waals surface area (Å²) in [5.41, 5.74) is 7.99. The van der Waals surface area contributed by atoms with Crippen LogP contribution < -0.4 is 5.73 Å². The lowest BCUT2D eigenvalue weighted by atomic mass is 10.2. The van der Waals surface area contributed by atoms with Gasteiger partial charge in [0, 0.05) is 11.4 Å². The molecule has 1 saturated carbocycles. The fourth-order valence-electron chi connectivity index (χ4n) is 2.54. The highest BCUT2D eigenvalue weighted by molar-refractivity contribution is 5.78. The minimum absolute atomic E-state index is 0.199. The molecule has 2 unspecified atom stereocenters. The average Bonchev–Trinajstić information content (AvgIpc) is 2.82. The highest BCUT2D eigenvalue weighted by atomic mass is 16.5. The van der Waals surface area contributed by atoms with E-state index in [2.05, 4.69) is 17.1 Å². The van der Waals surface area contributed by atoms with E-state index in [0.29, 0.717) is 6.61 Å². The van der Waals surface area contributed by atoms with Crippen molar-refractivity contribution in [2.24, 2.45) is 5.73 Å². The van der Waals surface area contributed by atoms with Gasteiger partial charge in [-0.3, -0.25) is 4.98 Å². The van der Waals surface area contributed by atoms with Gasteiger partial charge in [0.15, 0.2) is 0 Å². The van der Waals surface area contributed by atoms with E-state index in [1.165, 1.54) is 11.8 Å². The van der Waals surface area contributed by atoms with Crippen LogP contribution in [-0.2, 0) is 11.3 Å². The molecule has 3 heteroatoms. The van der Waals surface area contributed by atoms with E-state index in [-0.39, 0.29) is 12.1 Å². The van der Waals surface area contributed by atoms with Gasteiger partial charge in [-0.25, -0.2) is 0 Å². The summed E-state index contributed by atoms with van der Waals surface area (Å²) in [6.45, 7) is 0.559. The first kappa shape index (κ1) is 11.6. The normalized spacial score (nSPS) is 23.6. The van der Waals surface area contributed by atoms with Gasteiger partial charge in [0.25, 0.3) is 0 Å².